The maximum Gasteiger partial charge on any atom is 0.128 e. The van der Waals surface area contributed by atoms with Crippen LogP contribution in [0, 0.1) is 6.92 Å². The number of hydrogen-bond acceptors (Lipinski definition) is 3. The summed E-state index contributed by atoms with van der Waals surface area (Å²) in [6, 6.07) is 4.81. The van der Waals surface area contributed by atoms with Crippen LogP contribution in [0.25, 0.3) is 0 Å². The first-order valence-corrected chi connectivity index (χ1v) is 7.14. The van der Waals surface area contributed by atoms with Gasteiger partial charge in [0.2, 0.25) is 0 Å². The number of pyridine rings is 1. The van der Waals surface area contributed by atoms with Gasteiger partial charge in [-0.1, -0.05) is 27.7 Å². The Kier molecular flexibility index (Phi) is 9.29. The molecule has 0 saturated carbocycles. The molecule has 2 rings (SSSR count). The zero-order valence-corrected chi connectivity index (χ0v) is 12.8. The molecule has 1 fully saturated rings. The van der Waals surface area contributed by atoms with Gasteiger partial charge < -0.3 is 10.2 Å². The summed E-state index contributed by atoms with van der Waals surface area (Å²) in [4.78, 5) is 6.73. The third-order valence-corrected chi connectivity index (χ3v) is 2.82. The van der Waals surface area contributed by atoms with Crippen molar-refractivity contribution in [1.82, 2.24) is 10.3 Å². The Morgan fingerprint density at radius 1 is 1.28 bits per heavy atom. The van der Waals surface area contributed by atoms with E-state index in [1.807, 2.05) is 47.0 Å². The average Bonchev–Trinajstić information content (AvgIpc) is 2.92. The highest BCUT2D eigenvalue weighted by atomic mass is 15.2. The van der Waals surface area contributed by atoms with Crippen molar-refractivity contribution in [3.63, 3.8) is 0 Å². The minimum absolute atomic E-state index is 0.623. The fourth-order valence-electron chi connectivity index (χ4n) is 1.90. The van der Waals surface area contributed by atoms with Gasteiger partial charge in [0.1, 0.15) is 5.82 Å². The smallest absolute Gasteiger partial charge is 0.128 e. The van der Waals surface area contributed by atoms with E-state index in [0.717, 1.165) is 18.9 Å². The molecule has 1 aromatic rings. The number of anilines is 1. The van der Waals surface area contributed by atoms with Gasteiger partial charge in [0.05, 0.1) is 0 Å². The summed E-state index contributed by atoms with van der Waals surface area (Å²) in [5.74, 6) is 1.11. The molecule has 3 nitrogen and oxygen atoms in total. The number of nitrogens with zero attached hydrogens (tertiary/aromatic N) is 2. The molecule has 3 heteroatoms. The summed E-state index contributed by atoms with van der Waals surface area (Å²) < 4.78 is 0. The van der Waals surface area contributed by atoms with Crippen molar-refractivity contribution in [2.24, 2.45) is 0 Å². The molecule has 0 bridgehead atoms. The van der Waals surface area contributed by atoms with Gasteiger partial charge in [0.25, 0.3) is 0 Å². The lowest BCUT2D eigenvalue weighted by Crippen LogP contribution is -2.29. The van der Waals surface area contributed by atoms with E-state index >= 15 is 0 Å². The number of aryl methyl sites for hydroxylation is 1. The quantitative estimate of drug-likeness (QED) is 0.874. The van der Waals surface area contributed by atoms with E-state index in [9.17, 15) is 0 Å². The van der Waals surface area contributed by atoms with Gasteiger partial charge in [-0.15, -0.1) is 0 Å². The molecule has 1 N–H and O–H groups in total. The molecular weight excluding hydrogens is 222 g/mol. The first kappa shape index (κ1) is 16.9. The number of likely N-dealkylation sites (N-methyl/N-ethyl adjacent to an activating group) is 1. The van der Waals surface area contributed by atoms with Crippen LogP contribution in [0.3, 0.4) is 0 Å². The summed E-state index contributed by atoms with van der Waals surface area (Å²) in [5.41, 5.74) is 1.28. The second-order valence-corrected chi connectivity index (χ2v) is 3.91. The molecule has 1 atom stereocenters. The highest BCUT2D eigenvalue weighted by Crippen LogP contribution is 2.18. The number of rotatable bonds is 2. The molecule has 0 aromatic carbocycles. The zero-order valence-electron chi connectivity index (χ0n) is 12.8. The number of aromatic nitrogens is 1. The van der Waals surface area contributed by atoms with E-state index < -0.39 is 0 Å². The van der Waals surface area contributed by atoms with E-state index in [-0.39, 0.29) is 0 Å². The van der Waals surface area contributed by atoms with E-state index in [1.165, 1.54) is 12.0 Å². The van der Waals surface area contributed by atoms with Crippen molar-refractivity contribution in [2.45, 2.75) is 47.1 Å². The molecule has 0 amide bonds. The van der Waals surface area contributed by atoms with Gasteiger partial charge in [-0.3, -0.25) is 0 Å². The predicted molar refractivity (Wildman–Crippen MR) is 81.3 cm³/mol. The fraction of sp³-hybridized carbons (Fsp3) is 0.667. The molecule has 0 spiro atoms. The van der Waals surface area contributed by atoms with Crippen LogP contribution in [0.1, 0.15) is 39.7 Å². The predicted octanol–water partition coefficient (Wildman–Crippen LogP) is 3.24. The average molecular weight is 251 g/mol. The lowest BCUT2D eigenvalue weighted by atomic mass is 10.3. The minimum Gasteiger partial charge on any atom is -0.355 e. The lowest BCUT2D eigenvalue weighted by molar-refractivity contribution is 0.616. The molecule has 1 aliphatic rings. The van der Waals surface area contributed by atoms with Crippen LogP contribution in [0.2, 0.25) is 0 Å². The van der Waals surface area contributed by atoms with Gasteiger partial charge >= 0.3 is 0 Å². The Balaban J connectivity index is 0.000000659. The topological polar surface area (TPSA) is 28.2 Å². The van der Waals surface area contributed by atoms with Crippen LogP contribution in [-0.2, 0) is 0 Å². The van der Waals surface area contributed by atoms with Crippen LogP contribution in [0.4, 0.5) is 5.82 Å². The van der Waals surface area contributed by atoms with Crippen molar-refractivity contribution in [2.75, 3.05) is 25.0 Å². The van der Waals surface area contributed by atoms with Crippen molar-refractivity contribution in [3.05, 3.63) is 23.9 Å². The summed E-state index contributed by atoms with van der Waals surface area (Å²) in [6.45, 7) is 12.3. The van der Waals surface area contributed by atoms with Crippen molar-refractivity contribution < 1.29 is 0 Å². The van der Waals surface area contributed by atoms with Crippen molar-refractivity contribution in [3.8, 4) is 0 Å². The van der Waals surface area contributed by atoms with Crippen LogP contribution < -0.4 is 10.2 Å². The van der Waals surface area contributed by atoms with Gasteiger partial charge in [-0.25, -0.2) is 4.98 Å². The Hall–Kier alpha value is -1.09. The minimum atomic E-state index is 0.623. The van der Waals surface area contributed by atoms with Crippen LogP contribution in [-0.4, -0.2) is 31.2 Å². The third kappa shape index (κ3) is 5.05. The van der Waals surface area contributed by atoms with Crippen LogP contribution in [0.15, 0.2) is 18.3 Å². The SMILES string of the molecule is CC.CC.CNC1CCN(c2cc(C)ccn2)C1. The summed E-state index contributed by atoms with van der Waals surface area (Å²) in [5, 5.41) is 3.31. The molecule has 1 aliphatic heterocycles. The molecule has 0 aliphatic carbocycles. The van der Waals surface area contributed by atoms with Gasteiger partial charge in [-0.05, 0) is 38.1 Å². The largest absolute Gasteiger partial charge is 0.355 e. The standard InChI is InChI=1S/C11H17N3.2C2H6/c1-9-3-5-13-11(7-9)14-6-4-10(8-14)12-2;2*1-2/h3,5,7,10,12H,4,6,8H2,1-2H3;2*1-2H3. The maximum absolute atomic E-state index is 4.39. The molecule has 2 heterocycles. The maximum atomic E-state index is 4.39. The molecule has 1 saturated heterocycles. The Morgan fingerprint density at radius 3 is 2.44 bits per heavy atom. The molecule has 1 unspecified atom stereocenters. The second-order valence-electron chi connectivity index (χ2n) is 3.91. The van der Waals surface area contributed by atoms with Crippen LogP contribution >= 0.6 is 0 Å². The summed E-state index contributed by atoms with van der Waals surface area (Å²) in [6.07, 6.45) is 3.10. The molecule has 104 valence electrons. The van der Waals surface area contributed by atoms with Gasteiger partial charge in [0.15, 0.2) is 0 Å². The molecule has 0 radical (unpaired) electrons. The number of hydrogen-bond donors (Lipinski definition) is 1. The molecule has 1 aromatic heterocycles. The van der Waals surface area contributed by atoms with Crippen molar-refractivity contribution >= 4 is 5.82 Å². The Labute approximate surface area is 113 Å². The fourth-order valence-corrected chi connectivity index (χ4v) is 1.90. The zero-order chi connectivity index (χ0) is 14.0. The second kappa shape index (κ2) is 9.89. The summed E-state index contributed by atoms with van der Waals surface area (Å²) >= 11 is 0. The van der Waals surface area contributed by atoms with E-state index in [0.29, 0.717) is 6.04 Å². The highest BCUT2D eigenvalue weighted by Gasteiger charge is 2.21. The third-order valence-electron chi connectivity index (χ3n) is 2.82. The van der Waals surface area contributed by atoms with Crippen molar-refractivity contribution in [1.29, 1.82) is 0 Å². The van der Waals surface area contributed by atoms with E-state index in [1.54, 1.807) is 0 Å². The lowest BCUT2D eigenvalue weighted by Gasteiger charge is -2.17. The van der Waals surface area contributed by atoms with Crippen LogP contribution in [0.5, 0.6) is 0 Å². The van der Waals surface area contributed by atoms with E-state index in [4.69, 9.17) is 0 Å². The van der Waals surface area contributed by atoms with E-state index in [2.05, 4.69) is 28.2 Å². The first-order chi connectivity index (χ1) is 8.79. The molecular formula is C15H29N3. The Morgan fingerprint density at radius 2 is 1.94 bits per heavy atom. The normalized spacial score (nSPS) is 17.4. The molecule has 18 heavy (non-hydrogen) atoms. The number of nitrogens with one attached hydrogen (secondary N) is 1. The van der Waals surface area contributed by atoms with Gasteiger partial charge in [-0.2, -0.15) is 0 Å². The van der Waals surface area contributed by atoms with Gasteiger partial charge in [0, 0.05) is 25.3 Å². The monoisotopic (exact) mass is 251 g/mol. The Bertz CT molecular complexity index is 312. The first-order valence-electron chi connectivity index (χ1n) is 7.14. The highest BCUT2D eigenvalue weighted by molar-refractivity contribution is 5.42. The summed E-state index contributed by atoms with van der Waals surface area (Å²) in [7, 11) is 2.03.